The number of sulfonamides is 1. The molecule has 0 bridgehead atoms. The van der Waals surface area contributed by atoms with Gasteiger partial charge in [0.2, 0.25) is 15.9 Å². The highest BCUT2D eigenvalue weighted by molar-refractivity contribution is 7.89. The van der Waals surface area contributed by atoms with Crippen molar-refractivity contribution in [2.24, 2.45) is 11.8 Å². The molecule has 0 aliphatic carbocycles. The normalized spacial score (nSPS) is 20.7. The molecule has 0 atom stereocenters. The lowest BCUT2D eigenvalue weighted by atomic mass is 9.93. The Morgan fingerprint density at radius 2 is 1.62 bits per heavy atom. The topological polar surface area (TPSA) is 81.5 Å². The molecule has 2 fully saturated rings. The SMILES string of the molecule is N#CC1CCN(C(=O)C2CCN(S(=O)(=O)c3ccc(Cl)cc3)CC2)CC1. The zero-order chi connectivity index (χ0) is 18.7. The molecule has 0 saturated carbocycles. The van der Waals surface area contributed by atoms with Crippen LogP contribution in [0, 0.1) is 23.2 Å². The first-order chi connectivity index (χ1) is 12.4. The van der Waals surface area contributed by atoms with Crippen LogP contribution in [-0.4, -0.2) is 49.7 Å². The van der Waals surface area contributed by atoms with Crippen LogP contribution < -0.4 is 0 Å². The van der Waals surface area contributed by atoms with Crippen LogP contribution in [0.4, 0.5) is 0 Å². The molecule has 3 rings (SSSR count). The fourth-order valence-electron chi connectivity index (χ4n) is 3.59. The quantitative estimate of drug-likeness (QED) is 0.787. The highest BCUT2D eigenvalue weighted by atomic mass is 35.5. The molecular formula is C18H22ClN3O3S. The van der Waals surface area contributed by atoms with Crippen LogP contribution in [0.25, 0.3) is 0 Å². The van der Waals surface area contributed by atoms with E-state index in [1.807, 2.05) is 4.90 Å². The van der Waals surface area contributed by atoms with Gasteiger partial charge in [0.25, 0.3) is 0 Å². The third-order valence-electron chi connectivity index (χ3n) is 5.24. The first kappa shape index (κ1) is 19.2. The number of carbonyl (C=O) groups excluding carboxylic acids is 1. The molecule has 0 aromatic heterocycles. The molecule has 1 amide bonds. The molecule has 0 N–H and O–H groups in total. The highest BCUT2D eigenvalue weighted by Gasteiger charge is 2.34. The van der Waals surface area contributed by atoms with Crippen LogP contribution in [0.1, 0.15) is 25.7 Å². The Kier molecular flexibility index (Phi) is 5.86. The zero-order valence-electron chi connectivity index (χ0n) is 14.5. The predicted molar refractivity (Wildman–Crippen MR) is 97.9 cm³/mol. The van der Waals surface area contributed by atoms with Gasteiger partial charge in [-0.2, -0.15) is 9.57 Å². The predicted octanol–water partition coefficient (Wildman–Crippen LogP) is 2.50. The van der Waals surface area contributed by atoms with Gasteiger partial charge in [0.05, 0.1) is 11.0 Å². The number of benzene rings is 1. The minimum absolute atomic E-state index is 0.0467. The van der Waals surface area contributed by atoms with Crippen molar-refractivity contribution >= 4 is 27.5 Å². The Morgan fingerprint density at radius 3 is 2.15 bits per heavy atom. The zero-order valence-corrected chi connectivity index (χ0v) is 16.0. The Balaban J connectivity index is 1.58. The summed E-state index contributed by atoms with van der Waals surface area (Å²) >= 11 is 5.83. The summed E-state index contributed by atoms with van der Waals surface area (Å²) in [5.41, 5.74) is 0. The number of piperidine rings is 2. The van der Waals surface area contributed by atoms with Crippen LogP contribution >= 0.6 is 11.6 Å². The molecule has 26 heavy (non-hydrogen) atoms. The largest absolute Gasteiger partial charge is 0.342 e. The van der Waals surface area contributed by atoms with E-state index in [1.54, 1.807) is 12.1 Å². The van der Waals surface area contributed by atoms with Crippen molar-refractivity contribution in [2.45, 2.75) is 30.6 Å². The number of nitriles is 1. The number of rotatable bonds is 3. The molecule has 0 unspecified atom stereocenters. The van der Waals surface area contributed by atoms with Crippen LogP contribution in [0.2, 0.25) is 5.02 Å². The van der Waals surface area contributed by atoms with E-state index in [-0.39, 0.29) is 22.6 Å². The summed E-state index contributed by atoms with van der Waals surface area (Å²) in [5, 5.41) is 9.45. The van der Waals surface area contributed by atoms with E-state index in [1.165, 1.54) is 16.4 Å². The molecular weight excluding hydrogens is 374 g/mol. The number of halogens is 1. The third kappa shape index (κ3) is 4.03. The molecule has 0 radical (unpaired) electrons. The van der Waals surface area contributed by atoms with Gasteiger partial charge in [-0.1, -0.05) is 11.6 Å². The molecule has 1 aromatic rings. The number of amides is 1. The van der Waals surface area contributed by atoms with Crippen molar-refractivity contribution in [3.05, 3.63) is 29.3 Å². The van der Waals surface area contributed by atoms with E-state index in [9.17, 15) is 13.2 Å². The maximum absolute atomic E-state index is 12.7. The summed E-state index contributed by atoms with van der Waals surface area (Å²) in [7, 11) is -3.55. The minimum Gasteiger partial charge on any atom is -0.342 e. The fraction of sp³-hybridized carbons (Fsp3) is 0.556. The first-order valence-corrected chi connectivity index (χ1v) is 10.7. The fourth-order valence-corrected chi connectivity index (χ4v) is 5.18. The van der Waals surface area contributed by atoms with Gasteiger partial charge in [-0.15, -0.1) is 0 Å². The molecule has 1 aromatic carbocycles. The Labute approximate surface area is 159 Å². The van der Waals surface area contributed by atoms with Crippen LogP contribution in [0.15, 0.2) is 29.2 Å². The molecule has 6 nitrogen and oxygen atoms in total. The lowest BCUT2D eigenvalue weighted by Crippen LogP contribution is -2.46. The number of hydrogen-bond donors (Lipinski definition) is 0. The number of likely N-dealkylation sites (tertiary alicyclic amines) is 1. The molecule has 140 valence electrons. The first-order valence-electron chi connectivity index (χ1n) is 8.86. The van der Waals surface area contributed by atoms with E-state index in [2.05, 4.69) is 6.07 Å². The van der Waals surface area contributed by atoms with Gasteiger partial charge in [0, 0.05) is 43.0 Å². The van der Waals surface area contributed by atoms with E-state index in [4.69, 9.17) is 16.9 Å². The van der Waals surface area contributed by atoms with Crippen molar-refractivity contribution < 1.29 is 13.2 Å². The van der Waals surface area contributed by atoms with Gasteiger partial charge in [0.1, 0.15) is 0 Å². The smallest absolute Gasteiger partial charge is 0.243 e. The second-order valence-corrected chi connectivity index (χ2v) is 9.24. The van der Waals surface area contributed by atoms with Crippen molar-refractivity contribution in [3.63, 3.8) is 0 Å². The summed E-state index contributed by atoms with van der Waals surface area (Å²) in [6.07, 6.45) is 2.52. The minimum atomic E-state index is -3.55. The van der Waals surface area contributed by atoms with E-state index >= 15 is 0 Å². The summed E-state index contributed by atoms with van der Waals surface area (Å²) in [5.74, 6) is 0.0145. The third-order valence-corrected chi connectivity index (χ3v) is 7.41. The summed E-state index contributed by atoms with van der Waals surface area (Å²) < 4.78 is 26.9. The molecule has 2 aliphatic heterocycles. The molecule has 2 aliphatic rings. The Bertz CT molecular complexity index is 788. The second-order valence-electron chi connectivity index (χ2n) is 6.86. The van der Waals surface area contributed by atoms with E-state index in [0.717, 1.165) is 12.8 Å². The van der Waals surface area contributed by atoms with Gasteiger partial charge in [0.15, 0.2) is 0 Å². The van der Waals surface area contributed by atoms with Crippen LogP contribution in [0.3, 0.4) is 0 Å². The summed E-state index contributed by atoms with van der Waals surface area (Å²) in [6.45, 7) is 1.94. The van der Waals surface area contributed by atoms with Gasteiger partial charge in [-0.3, -0.25) is 4.79 Å². The maximum Gasteiger partial charge on any atom is 0.243 e. The lowest BCUT2D eigenvalue weighted by Gasteiger charge is -2.35. The highest BCUT2D eigenvalue weighted by Crippen LogP contribution is 2.27. The van der Waals surface area contributed by atoms with Gasteiger partial charge in [-0.05, 0) is 49.9 Å². The number of carbonyl (C=O) groups is 1. The molecule has 2 heterocycles. The molecule has 0 spiro atoms. The van der Waals surface area contributed by atoms with Crippen molar-refractivity contribution in [3.8, 4) is 6.07 Å². The number of hydrogen-bond acceptors (Lipinski definition) is 4. The maximum atomic E-state index is 12.7. The van der Waals surface area contributed by atoms with Crippen molar-refractivity contribution in [1.82, 2.24) is 9.21 Å². The molecule has 8 heteroatoms. The summed E-state index contributed by atoms with van der Waals surface area (Å²) in [4.78, 5) is 14.7. The average Bonchev–Trinajstić information content (AvgIpc) is 2.68. The van der Waals surface area contributed by atoms with Gasteiger partial charge in [-0.25, -0.2) is 8.42 Å². The van der Waals surface area contributed by atoms with E-state index < -0.39 is 10.0 Å². The molecule has 2 saturated heterocycles. The lowest BCUT2D eigenvalue weighted by molar-refractivity contribution is -0.137. The van der Waals surface area contributed by atoms with Crippen LogP contribution in [0.5, 0.6) is 0 Å². The Morgan fingerprint density at radius 1 is 1.04 bits per heavy atom. The van der Waals surface area contributed by atoms with Crippen molar-refractivity contribution in [1.29, 1.82) is 5.26 Å². The summed E-state index contributed by atoms with van der Waals surface area (Å²) in [6, 6.07) is 8.41. The van der Waals surface area contributed by atoms with Gasteiger partial charge >= 0.3 is 0 Å². The van der Waals surface area contributed by atoms with Crippen molar-refractivity contribution in [2.75, 3.05) is 26.2 Å². The monoisotopic (exact) mass is 395 g/mol. The standard InChI is InChI=1S/C18H22ClN3O3S/c19-16-1-3-17(4-2-16)26(24,25)22-11-7-15(8-12-22)18(23)21-9-5-14(13-20)6-10-21/h1-4,14-15H,5-12H2. The van der Waals surface area contributed by atoms with E-state index in [0.29, 0.717) is 44.0 Å². The van der Waals surface area contributed by atoms with Gasteiger partial charge < -0.3 is 4.90 Å². The number of nitrogens with zero attached hydrogens (tertiary/aromatic N) is 3. The second kappa shape index (κ2) is 7.95. The average molecular weight is 396 g/mol. The van der Waals surface area contributed by atoms with Crippen LogP contribution in [-0.2, 0) is 14.8 Å². The Hall–Kier alpha value is -1.62.